The number of ether oxygens (including phenoxy) is 1. The Kier molecular flexibility index (Phi) is 4.96. The molecule has 6 heteroatoms. The maximum absolute atomic E-state index is 12.5. The summed E-state index contributed by atoms with van der Waals surface area (Å²) in [6.07, 6.45) is 6.39. The van der Waals surface area contributed by atoms with Crippen molar-refractivity contribution in [1.29, 1.82) is 0 Å². The molecule has 26 heavy (non-hydrogen) atoms. The minimum Gasteiger partial charge on any atom is -0.461 e. The number of nitrogens with zero attached hydrogens (tertiary/aromatic N) is 1. The van der Waals surface area contributed by atoms with E-state index in [0.29, 0.717) is 17.2 Å². The number of carbonyl (C=O) groups excluding carboxylic acids is 1. The van der Waals surface area contributed by atoms with Crippen molar-refractivity contribution in [3.8, 4) is 10.4 Å². The highest BCUT2D eigenvalue weighted by Crippen LogP contribution is 2.44. The number of esters is 1. The van der Waals surface area contributed by atoms with Gasteiger partial charge in [-0.25, -0.2) is 9.78 Å². The van der Waals surface area contributed by atoms with Crippen LogP contribution in [0.5, 0.6) is 0 Å². The van der Waals surface area contributed by atoms with Gasteiger partial charge in [-0.3, -0.25) is 0 Å². The number of hydrogen-bond donors (Lipinski definition) is 1. The Morgan fingerprint density at radius 3 is 2.92 bits per heavy atom. The lowest BCUT2D eigenvalue weighted by atomic mass is 9.97. The molecule has 0 saturated heterocycles. The molecule has 3 heterocycles. The van der Waals surface area contributed by atoms with Crippen LogP contribution >= 0.6 is 22.7 Å². The van der Waals surface area contributed by atoms with Crippen LogP contribution in [0.3, 0.4) is 0 Å². The fraction of sp³-hybridized carbons (Fsp3) is 0.400. The first kappa shape index (κ1) is 17.5. The van der Waals surface area contributed by atoms with Gasteiger partial charge < -0.3 is 10.5 Å². The summed E-state index contributed by atoms with van der Waals surface area (Å²) < 4.78 is 5.33. The monoisotopic (exact) mass is 386 g/mol. The summed E-state index contributed by atoms with van der Waals surface area (Å²) in [6.45, 7) is 2.39. The number of anilines is 1. The van der Waals surface area contributed by atoms with Gasteiger partial charge in [0.05, 0.1) is 12.3 Å². The molecule has 0 saturated carbocycles. The standard InChI is InChI=1S/C20H22N2O2S2/c1-2-10-24-20(23)18-17(21)16-15(14-9-6-11-25-14)12-7-4-3-5-8-13(12)22-19(16)26-18/h6,9,11H,2-5,7-8,10,21H2,1H3. The first-order valence-corrected chi connectivity index (χ1v) is 10.8. The minimum atomic E-state index is -0.334. The SMILES string of the molecule is CCCOC(=O)c1sc2nc3c(c(-c4cccs4)c2c1N)CCCCC3. The lowest BCUT2D eigenvalue weighted by molar-refractivity contribution is 0.0512. The van der Waals surface area contributed by atoms with Crippen molar-refractivity contribution in [2.24, 2.45) is 0 Å². The van der Waals surface area contributed by atoms with Crippen LogP contribution in [0.2, 0.25) is 0 Å². The van der Waals surface area contributed by atoms with Crippen molar-refractivity contribution in [2.75, 3.05) is 12.3 Å². The number of fused-ring (bicyclic) bond motifs is 2. The van der Waals surface area contributed by atoms with E-state index in [2.05, 4.69) is 17.5 Å². The van der Waals surface area contributed by atoms with Gasteiger partial charge >= 0.3 is 5.97 Å². The van der Waals surface area contributed by atoms with E-state index < -0.39 is 0 Å². The van der Waals surface area contributed by atoms with Gasteiger partial charge in [0.15, 0.2) is 0 Å². The summed E-state index contributed by atoms with van der Waals surface area (Å²) in [6, 6.07) is 4.20. The average molecular weight is 387 g/mol. The van der Waals surface area contributed by atoms with E-state index in [1.807, 2.05) is 6.92 Å². The molecule has 2 N–H and O–H groups in total. The highest BCUT2D eigenvalue weighted by atomic mass is 32.1. The van der Waals surface area contributed by atoms with E-state index in [1.54, 1.807) is 11.3 Å². The molecule has 0 atom stereocenters. The molecule has 0 radical (unpaired) electrons. The number of nitrogen functional groups attached to an aromatic ring is 1. The minimum absolute atomic E-state index is 0.334. The van der Waals surface area contributed by atoms with E-state index in [1.165, 1.54) is 52.3 Å². The maximum atomic E-state index is 12.5. The Bertz CT molecular complexity index is 945. The third-order valence-electron chi connectivity index (χ3n) is 4.79. The Morgan fingerprint density at radius 2 is 2.15 bits per heavy atom. The van der Waals surface area contributed by atoms with Gasteiger partial charge in [-0.05, 0) is 49.1 Å². The number of rotatable bonds is 4. The summed E-state index contributed by atoms with van der Waals surface area (Å²) >= 11 is 3.08. The highest BCUT2D eigenvalue weighted by Gasteiger charge is 2.26. The van der Waals surface area contributed by atoms with E-state index in [-0.39, 0.29) is 5.97 Å². The van der Waals surface area contributed by atoms with Gasteiger partial charge in [-0.2, -0.15) is 0 Å². The molecular formula is C20H22N2O2S2. The number of carbonyl (C=O) groups is 1. The lowest BCUT2D eigenvalue weighted by Gasteiger charge is -2.13. The molecule has 0 aliphatic heterocycles. The van der Waals surface area contributed by atoms with E-state index in [9.17, 15) is 4.79 Å². The molecule has 0 aromatic carbocycles. The molecule has 0 amide bonds. The number of aryl methyl sites for hydroxylation is 1. The van der Waals surface area contributed by atoms with Crippen LogP contribution in [-0.4, -0.2) is 17.6 Å². The Balaban J connectivity index is 1.96. The Hall–Kier alpha value is -1.92. The Morgan fingerprint density at radius 1 is 1.31 bits per heavy atom. The average Bonchev–Trinajstić information content (AvgIpc) is 3.21. The molecule has 4 nitrogen and oxygen atoms in total. The molecule has 3 aromatic heterocycles. The molecule has 0 spiro atoms. The Labute approximate surface area is 161 Å². The molecular weight excluding hydrogens is 364 g/mol. The molecule has 0 unspecified atom stereocenters. The fourth-order valence-corrected chi connectivity index (χ4v) is 5.41. The van der Waals surface area contributed by atoms with Crippen LogP contribution in [0.4, 0.5) is 5.69 Å². The van der Waals surface area contributed by atoms with Crippen molar-refractivity contribution in [3.63, 3.8) is 0 Å². The molecule has 136 valence electrons. The number of pyridine rings is 1. The molecule has 0 bridgehead atoms. The number of nitrogens with two attached hydrogens (primary N) is 1. The van der Waals surface area contributed by atoms with Crippen LogP contribution in [0, 0.1) is 0 Å². The summed E-state index contributed by atoms with van der Waals surface area (Å²) in [4.78, 5) is 19.9. The second-order valence-corrected chi connectivity index (χ2v) is 8.56. The number of hydrogen-bond acceptors (Lipinski definition) is 6. The zero-order valence-electron chi connectivity index (χ0n) is 14.8. The molecule has 0 fully saturated rings. The van der Waals surface area contributed by atoms with Gasteiger partial charge in [0, 0.05) is 21.5 Å². The molecule has 1 aliphatic rings. The summed E-state index contributed by atoms with van der Waals surface area (Å²) in [5.41, 5.74) is 10.7. The summed E-state index contributed by atoms with van der Waals surface area (Å²) in [5, 5.41) is 3.02. The van der Waals surface area contributed by atoms with Crippen LogP contribution in [0.15, 0.2) is 17.5 Å². The van der Waals surface area contributed by atoms with Crippen molar-refractivity contribution in [3.05, 3.63) is 33.6 Å². The second-order valence-electron chi connectivity index (χ2n) is 6.61. The van der Waals surface area contributed by atoms with Crippen molar-refractivity contribution in [1.82, 2.24) is 4.98 Å². The number of aromatic nitrogens is 1. The molecule has 4 rings (SSSR count). The van der Waals surface area contributed by atoms with Crippen molar-refractivity contribution >= 4 is 44.5 Å². The first-order chi connectivity index (χ1) is 12.7. The van der Waals surface area contributed by atoms with Gasteiger partial charge in [-0.1, -0.05) is 19.4 Å². The van der Waals surface area contributed by atoms with Crippen LogP contribution < -0.4 is 5.73 Å². The van der Waals surface area contributed by atoms with Gasteiger partial charge in [0.1, 0.15) is 9.71 Å². The topological polar surface area (TPSA) is 65.2 Å². The van der Waals surface area contributed by atoms with E-state index >= 15 is 0 Å². The smallest absolute Gasteiger partial charge is 0.350 e. The van der Waals surface area contributed by atoms with Crippen molar-refractivity contribution in [2.45, 2.75) is 45.4 Å². The molecule has 3 aromatic rings. The third-order valence-corrected chi connectivity index (χ3v) is 6.76. The third kappa shape index (κ3) is 3.01. The zero-order chi connectivity index (χ0) is 18.1. The van der Waals surface area contributed by atoms with Gasteiger partial charge in [-0.15, -0.1) is 22.7 Å². The molecule has 1 aliphatic carbocycles. The summed E-state index contributed by atoms with van der Waals surface area (Å²) in [7, 11) is 0. The number of thiophene rings is 2. The summed E-state index contributed by atoms with van der Waals surface area (Å²) in [5.74, 6) is -0.334. The van der Waals surface area contributed by atoms with Crippen LogP contribution in [-0.2, 0) is 17.6 Å². The normalized spacial score (nSPS) is 14.2. The predicted molar refractivity (Wildman–Crippen MR) is 109 cm³/mol. The van der Waals surface area contributed by atoms with Crippen molar-refractivity contribution < 1.29 is 9.53 Å². The second kappa shape index (κ2) is 7.37. The quantitative estimate of drug-likeness (QED) is 0.479. The van der Waals surface area contributed by atoms with E-state index in [4.69, 9.17) is 15.5 Å². The van der Waals surface area contributed by atoms with Gasteiger partial charge in [0.2, 0.25) is 0 Å². The zero-order valence-corrected chi connectivity index (χ0v) is 16.5. The van der Waals surface area contributed by atoms with E-state index in [0.717, 1.165) is 29.5 Å². The highest BCUT2D eigenvalue weighted by molar-refractivity contribution is 7.21. The largest absolute Gasteiger partial charge is 0.461 e. The van der Waals surface area contributed by atoms with Crippen LogP contribution in [0.25, 0.3) is 20.7 Å². The van der Waals surface area contributed by atoms with Gasteiger partial charge in [0.25, 0.3) is 0 Å². The fourth-order valence-electron chi connectivity index (χ4n) is 3.59. The van der Waals surface area contributed by atoms with Crippen LogP contribution in [0.1, 0.15) is 53.5 Å². The predicted octanol–water partition coefficient (Wildman–Crippen LogP) is 5.44. The lowest BCUT2D eigenvalue weighted by Crippen LogP contribution is -2.06. The first-order valence-electron chi connectivity index (χ1n) is 9.15. The maximum Gasteiger partial charge on any atom is 0.350 e.